The Balaban J connectivity index is 2.11. The first kappa shape index (κ1) is 22.6. The zero-order valence-corrected chi connectivity index (χ0v) is 15.9. The maximum Gasteiger partial charge on any atom is 0.299 e. The monoisotopic (exact) mass is 446 g/mol. The number of hydrogen-bond acceptors (Lipinski definition) is 9. The molecular formula is C16H14O11S2. The molecule has 0 saturated heterocycles. The standard InChI is InChI=1S/C16H14O11S2/c17-13(15(19)28(21,22)23)9-1-5-11(6-2-9)27-12-7-3-10(4-8-12)14(18)16(20)29(24,25)26/h1-8,15-16,19-20H,(H,21,22,23)(H,24,25,26). The highest BCUT2D eigenvalue weighted by Gasteiger charge is 2.30. The summed E-state index contributed by atoms with van der Waals surface area (Å²) in [7, 11) is -9.92. The van der Waals surface area contributed by atoms with Gasteiger partial charge >= 0.3 is 0 Å². The van der Waals surface area contributed by atoms with Crippen LogP contribution in [0.2, 0.25) is 0 Å². The van der Waals surface area contributed by atoms with Crippen molar-refractivity contribution in [2.45, 2.75) is 10.9 Å². The van der Waals surface area contributed by atoms with Gasteiger partial charge in [-0.1, -0.05) is 0 Å². The summed E-state index contributed by atoms with van der Waals surface area (Å²) < 4.78 is 66.0. The first-order chi connectivity index (χ1) is 13.3. The largest absolute Gasteiger partial charge is 0.457 e. The number of aliphatic hydroxyl groups is 2. The Morgan fingerprint density at radius 1 is 0.655 bits per heavy atom. The number of benzene rings is 2. The third-order valence-corrected chi connectivity index (χ3v) is 5.08. The van der Waals surface area contributed by atoms with Crippen LogP contribution in [0.4, 0.5) is 0 Å². The summed E-state index contributed by atoms with van der Waals surface area (Å²) in [5, 5.41) is 18.5. The van der Waals surface area contributed by atoms with Gasteiger partial charge in [0, 0.05) is 11.1 Å². The van der Waals surface area contributed by atoms with Crippen molar-refractivity contribution in [1.29, 1.82) is 0 Å². The van der Waals surface area contributed by atoms with Crippen molar-refractivity contribution in [2.24, 2.45) is 0 Å². The Labute approximate surface area is 164 Å². The van der Waals surface area contributed by atoms with Gasteiger partial charge in [-0.3, -0.25) is 18.7 Å². The molecule has 0 aromatic heterocycles. The minimum absolute atomic E-state index is 0.181. The fourth-order valence-electron chi connectivity index (χ4n) is 2.07. The number of carbonyl (C=O) groups excluding carboxylic acids is 2. The molecule has 156 valence electrons. The number of ketones is 2. The van der Waals surface area contributed by atoms with Crippen LogP contribution in [0, 0.1) is 0 Å². The van der Waals surface area contributed by atoms with E-state index in [9.17, 15) is 36.6 Å². The average Bonchev–Trinajstić information content (AvgIpc) is 2.65. The van der Waals surface area contributed by atoms with Crippen LogP contribution in [-0.2, 0) is 20.2 Å². The predicted molar refractivity (Wildman–Crippen MR) is 96.7 cm³/mol. The highest BCUT2D eigenvalue weighted by atomic mass is 32.2. The molecule has 2 unspecified atom stereocenters. The number of Topliss-reactive ketones (excluding diaryl/α,β-unsaturated/α-hetero) is 2. The SMILES string of the molecule is O=C(c1ccc(Oc2ccc(C(=O)C(O)S(=O)(=O)O)cc2)cc1)C(O)S(=O)(=O)O. The van der Waals surface area contributed by atoms with Crippen LogP contribution in [0.1, 0.15) is 20.7 Å². The predicted octanol–water partition coefficient (Wildman–Crippen LogP) is 0.257. The van der Waals surface area contributed by atoms with Gasteiger partial charge < -0.3 is 14.9 Å². The lowest BCUT2D eigenvalue weighted by Crippen LogP contribution is -2.29. The molecule has 0 aliphatic heterocycles. The molecule has 2 rings (SSSR count). The van der Waals surface area contributed by atoms with Crippen molar-refractivity contribution in [3.63, 3.8) is 0 Å². The van der Waals surface area contributed by atoms with Crippen molar-refractivity contribution < 1.29 is 50.5 Å². The molecule has 0 spiro atoms. The number of hydrogen-bond donors (Lipinski definition) is 4. The summed E-state index contributed by atoms with van der Waals surface area (Å²) >= 11 is 0. The van der Waals surface area contributed by atoms with E-state index in [4.69, 9.17) is 13.8 Å². The van der Waals surface area contributed by atoms with Crippen LogP contribution in [-0.4, -0.2) is 58.6 Å². The molecule has 0 aliphatic carbocycles. The highest BCUT2D eigenvalue weighted by Crippen LogP contribution is 2.23. The molecule has 0 saturated carbocycles. The zero-order chi connectivity index (χ0) is 22.0. The molecule has 0 bridgehead atoms. The van der Waals surface area contributed by atoms with Gasteiger partial charge in [0.15, 0.2) is 0 Å². The second kappa shape index (κ2) is 8.36. The van der Waals surface area contributed by atoms with Crippen molar-refractivity contribution in [1.82, 2.24) is 0 Å². The molecule has 2 atom stereocenters. The van der Waals surface area contributed by atoms with Crippen LogP contribution < -0.4 is 4.74 Å². The van der Waals surface area contributed by atoms with Gasteiger partial charge in [0.25, 0.3) is 20.2 Å². The second-order valence-corrected chi connectivity index (χ2v) is 8.57. The Morgan fingerprint density at radius 2 is 0.931 bits per heavy atom. The minimum Gasteiger partial charge on any atom is -0.457 e. The van der Waals surface area contributed by atoms with Crippen LogP contribution in [0.15, 0.2) is 48.5 Å². The first-order valence-corrected chi connectivity index (χ1v) is 10.6. The third kappa shape index (κ3) is 5.66. The van der Waals surface area contributed by atoms with Gasteiger partial charge in [0.05, 0.1) is 0 Å². The normalized spacial score (nSPS) is 14.1. The van der Waals surface area contributed by atoms with Crippen LogP contribution in [0.25, 0.3) is 0 Å². The Morgan fingerprint density at radius 3 is 1.17 bits per heavy atom. The molecule has 4 N–H and O–H groups in total. The fourth-order valence-corrected chi connectivity index (χ4v) is 2.88. The summed E-state index contributed by atoms with van der Waals surface area (Å²) in [6.45, 7) is 0. The Hall–Kier alpha value is -2.68. The van der Waals surface area contributed by atoms with E-state index in [0.29, 0.717) is 0 Å². The maximum atomic E-state index is 11.7. The summed E-state index contributed by atoms with van der Waals surface area (Å²) in [6, 6.07) is 9.66. The lowest BCUT2D eigenvalue weighted by molar-refractivity contribution is 0.0842. The topological polar surface area (TPSA) is 193 Å². The lowest BCUT2D eigenvalue weighted by Gasteiger charge is -2.10. The van der Waals surface area contributed by atoms with E-state index >= 15 is 0 Å². The van der Waals surface area contributed by atoms with E-state index in [0.717, 1.165) is 24.3 Å². The van der Waals surface area contributed by atoms with Gasteiger partial charge in [0.2, 0.25) is 22.4 Å². The van der Waals surface area contributed by atoms with E-state index in [1.165, 1.54) is 24.3 Å². The lowest BCUT2D eigenvalue weighted by atomic mass is 10.1. The minimum atomic E-state index is -4.96. The molecule has 0 fully saturated rings. The van der Waals surface area contributed by atoms with Gasteiger partial charge in [0.1, 0.15) is 11.5 Å². The third-order valence-electron chi connectivity index (χ3n) is 3.53. The smallest absolute Gasteiger partial charge is 0.299 e. The molecule has 0 amide bonds. The molecule has 0 radical (unpaired) electrons. The molecule has 2 aromatic carbocycles. The fraction of sp³-hybridized carbons (Fsp3) is 0.125. The van der Waals surface area contributed by atoms with E-state index in [-0.39, 0.29) is 22.6 Å². The average molecular weight is 446 g/mol. The van der Waals surface area contributed by atoms with Crippen molar-refractivity contribution in [2.75, 3.05) is 0 Å². The van der Waals surface area contributed by atoms with Crippen LogP contribution in [0.5, 0.6) is 11.5 Å². The highest BCUT2D eigenvalue weighted by molar-refractivity contribution is 7.87. The zero-order valence-electron chi connectivity index (χ0n) is 14.2. The van der Waals surface area contributed by atoms with Gasteiger partial charge in [-0.15, -0.1) is 0 Å². The molecule has 0 aliphatic rings. The summed E-state index contributed by atoms with van der Waals surface area (Å²) in [5.74, 6) is -2.11. The molecular weight excluding hydrogens is 432 g/mol. The second-order valence-electron chi connectivity index (χ2n) is 5.61. The Bertz CT molecular complexity index is 1030. The summed E-state index contributed by atoms with van der Waals surface area (Å²) in [5.41, 5.74) is -5.64. The first-order valence-electron chi connectivity index (χ1n) is 7.56. The molecule has 0 heterocycles. The van der Waals surface area contributed by atoms with E-state index in [1.54, 1.807) is 0 Å². The number of rotatable bonds is 8. The quantitative estimate of drug-likeness (QED) is 0.321. The number of ether oxygens (including phenoxy) is 1. The number of aliphatic hydroxyl groups excluding tert-OH is 2. The molecule has 2 aromatic rings. The van der Waals surface area contributed by atoms with Crippen molar-refractivity contribution >= 4 is 31.8 Å². The molecule has 13 heteroatoms. The van der Waals surface area contributed by atoms with E-state index < -0.39 is 42.7 Å². The van der Waals surface area contributed by atoms with Crippen LogP contribution in [0.3, 0.4) is 0 Å². The van der Waals surface area contributed by atoms with Gasteiger partial charge in [-0.2, -0.15) is 16.8 Å². The van der Waals surface area contributed by atoms with Crippen molar-refractivity contribution in [3.05, 3.63) is 59.7 Å². The summed E-state index contributed by atoms with van der Waals surface area (Å²) in [6.07, 6.45) is 0. The molecule has 29 heavy (non-hydrogen) atoms. The van der Waals surface area contributed by atoms with E-state index in [2.05, 4.69) is 0 Å². The maximum absolute atomic E-state index is 11.7. The van der Waals surface area contributed by atoms with E-state index in [1.807, 2.05) is 0 Å². The van der Waals surface area contributed by atoms with Crippen molar-refractivity contribution in [3.8, 4) is 11.5 Å². The van der Waals surface area contributed by atoms with Gasteiger partial charge in [-0.05, 0) is 48.5 Å². The Kier molecular flexibility index (Phi) is 6.52. The van der Waals surface area contributed by atoms with Gasteiger partial charge in [-0.25, -0.2) is 0 Å². The van der Waals surface area contributed by atoms with Crippen LogP contribution >= 0.6 is 0 Å². The number of carbonyl (C=O) groups is 2. The molecule has 11 nitrogen and oxygen atoms in total. The summed E-state index contributed by atoms with van der Waals surface area (Å²) in [4.78, 5) is 23.5.